The van der Waals surface area contributed by atoms with Gasteiger partial charge in [-0.25, -0.2) is 9.18 Å². The highest BCUT2D eigenvalue weighted by Gasteiger charge is 2.47. The first-order valence-corrected chi connectivity index (χ1v) is 7.93. The van der Waals surface area contributed by atoms with E-state index in [4.69, 9.17) is 9.84 Å². The van der Waals surface area contributed by atoms with Gasteiger partial charge in [0.15, 0.2) is 0 Å². The summed E-state index contributed by atoms with van der Waals surface area (Å²) in [7, 11) is 1.47. The van der Waals surface area contributed by atoms with Crippen molar-refractivity contribution in [3.63, 3.8) is 0 Å². The number of aliphatic hydroxyl groups is 1. The van der Waals surface area contributed by atoms with Gasteiger partial charge in [0.2, 0.25) is 0 Å². The van der Waals surface area contributed by atoms with Gasteiger partial charge in [-0.1, -0.05) is 0 Å². The molecule has 3 rings (SSSR count). The smallest absolute Gasteiger partial charge is 0.407 e. The van der Waals surface area contributed by atoms with E-state index in [0.717, 1.165) is 31.2 Å². The fourth-order valence-corrected chi connectivity index (χ4v) is 3.98. The van der Waals surface area contributed by atoms with Gasteiger partial charge in [-0.3, -0.25) is 0 Å². The topological polar surface area (TPSA) is 70.0 Å². The van der Waals surface area contributed by atoms with Crippen LogP contribution in [0.25, 0.3) is 0 Å². The zero-order valence-electron chi connectivity index (χ0n) is 13.2. The van der Waals surface area contributed by atoms with Gasteiger partial charge >= 0.3 is 6.09 Å². The summed E-state index contributed by atoms with van der Waals surface area (Å²) in [6.45, 7) is 0.862. The van der Waals surface area contributed by atoms with Crippen molar-refractivity contribution < 1.29 is 24.1 Å². The van der Waals surface area contributed by atoms with Crippen LogP contribution in [-0.4, -0.2) is 41.4 Å². The second-order valence-corrected chi connectivity index (χ2v) is 6.75. The average molecular weight is 323 g/mol. The first-order valence-electron chi connectivity index (χ1n) is 7.93. The van der Waals surface area contributed by atoms with Crippen LogP contribution in [-0.2, 0) is 6.61 Å². The van der Waals surface area contributed by atoms with Crippen molar-refractivity contribution in [3.8, 4) is 5.75 Å². The number of aliphatic hydroxyl groups excluding tert-OH is 1. The third-order valence-electron chi connectivity index (χ3n) is 5.40. The summed E-state index contributed by atoms with van der Waals surface area (Å²) in [5.41, 5.74) is 1.23. The van der Waals surface area contributed by atoms with E-state index in [1.165, 1.54) is 18.1 Å². The van der Waals surface area contributed by atoms with Gasteiger partial charge in [-0.05, 0) is 49.3 Å². The maximum Gasteiger partial charge on any atom is 0.407 e. The molecule has 0 unspecified atom stereocenters. The summed E-state index contributed by atoms with van der Waals surface area (Å²) in [5.74, 6) is 0.224. The molecule has 1 saturated heterocycles. The molecule has 0 radical (unpaired) electrons. The third-order valence-corrected chi connectivity index (χ3v) is 5.40. The van der Waals surface area contributed by atoms with E-state index in [0.29, 0.717) is 18.8 Å². The highest BCUT2D eigenvalue weighted by molar-refractivity contribution is 5.66. The quantitative estimate of drug-likeness (QED) is 0.897. The minimum atomic E-state index is -0.843. The molecule has 2 fully saturated rings. The maximum absolute atomic E-state index is 14.1. The number of benzene rings is 1. The van der Waals surface area contributed by atoms with Crippen LogP contribution < -0.4 is 4.74 Å². The monoisotopic (exact) mass is 323 g/mol. The van der Waals surface area contributed by atoms with Crippen LogP contribution in [0.3, 0.4) is 0 Å². The number of carboxylic acid groups (broad SMARTS) is 1. The van der Waals surface area contributed by atoms with Gasteiger partial charge in [0.05, 0.1) is 19.3 Å². The van der Waals surface area contributed by atoms with Crippen molar-refractivity contribution in [1.82, 2.24) is 4.90 Å². The van der Waals surface area contributed by atoms with Gasteiger partial charge in [0.25, 0.3) is 0 Å². The summed E-state index contributed by atoms with van der Waals surface area (Å²) >= 11 is 0. The van der Waals surface area contributed by atoms with Gasteiger partial charge in [0, 0.05) is 18.5 Å². The number of rotatable bonds is 3. The van der Waals surface area contributed by atoms with Crippen LogP contribution in [0, 0.1) is 11.2 Å². The minimum absolute atomic E-state index is 0.128. The van der Waals surface area contributed by atoms with Gasteiger partial charge in [0.1, 0.15) is 11.6 Å². The van der Waals surface area contributed by atoms with Gasteiger partial charge in [-0.15, -0.1) is 0 Å². The molecule has 1 aliphatic heterocycles. The van der Waals surface area contributed by atoms with Crippen LogP contribution >= 0.6 is 0 Å². The maximum atomic E-state index is 14.1. The van der Waals surface area contributed by atoms with Crippen LogP contribution in [0.2, 0.25) is 0 Å². The number of halogens is 1. The lowest BCUT2D eigenvalue weighted by Crippen LogP contribution is -2.59. The Morgan fingerprint density at radius 2 is 2.04 bits per heavy atom. The molecule has 23 heavy (non-hydrogen) atoms. The fourth-order valence-electron chi connectivity index (χ4n) is 3.98. The summed E-state index contributed by atoms with van der Waals surface area (Å²) in [6, 6.07) is 3.32. The van der Waals surface area contributed by atoms with Crippen molar-refractivity contribution in [3.05, 3.63) is 29.1 Å². The highest BCUT2D eigenvalue weighted by atomic mass is 19.1. The molecule has 1 aromatic rings. The molecule has 0 bridgehead atoms. The van der Waals surface area contributed by atoms with E-state index < -0.39 is 11.9 Å². The van der Waals surface area contributed by atoms with Crippen molar-refractivity contribution in [1.29, 1.82) is 0 Å². The number of nitrogens with zero attached hydrogens (tertiary/aromatic N) is 1. The first-order chi connectivity index (χ1) is 11.0. The molecule has 6 heteroatoms. The molecule has 1 saturated carbocycles. The molecule has 126 valence electrons. The summed E-state index contributed by atoms with van der Waals surface area (Å²) in [5, 5.41) is 18.2. The van der Waals surface area contributed by atoms with Crippen LogP contribution in [0.5, 0.6) is 5.75 Å². The van der Waals surface area contributed by atoms with E-state index in [2.05, 4.69) is 0 Å². The standard InChI is InChI=1S/C17H22FNO4/c1-23-15-7-12(6-14(18)13(15)8-20)11-2-4-17(5-3-11)9-19(10-17)16(21)22/h6-7,11,20H,2-5,8-10H2,1H3,(H,21,22). The predicted molar refractivity (Wildman–Crippen MR) is 82.1 cm³/mol. The number of ether oxygens (including phenoxy) is 1. The Labute approximate surface area is 134 Å². The summed E-state index contributed by atoms with van der Waals surface area (Å²) in [4.78, 5) is 12.4. The number of likely N-dealkylation sites (tertiary alicyclic amines) is 1. The lowest BCUT2D eigenvalue weighted by atomic mass is 9.65. The number of hydrogen-bond acceptors (Lipinski definition) is 3. The Morgan fingerprint density at radius 1 is 1.39 bits per heavy atom. The largest absolute Gasteiger partial charge is 0.496 e. The zero-order chi connectivity index (χ0) is 16.6. The molecular weight excluding hydrogens is 301 g/mol. The van der Waals surface area contributed by atoms with Crippen molar-refractivity contribution in [2.24, 2.45) is 5.41 Å². The molecule has 2 aliphatic rings. The van der Waals surface area contributed by atoms with E-state index in [9.17, 15) is 14.3 Å². The Kier molecular flexibility index (Phi) is 4.19. The highest BCUT2D eigenvalue weighted by Crippen LogP contribution is 2.48. The zero-order valence-corrected chi connectivity index (χ0v) is 13.2. The van der Waals surface area contributed by atoms with Gasteiger partial charge in [-0.2, -0.15) is 0 Å². The lowest BCUT2D eigenvalue weighted by molar-refractivity contribution is -0.0188. The van der Waals surface area contributed by atoms with E-state index in [-0.39, 0.29) is 23.5 Å². The number of methoxy groups -OCH3 is 1. The van der Waals surface area contributed by atoms with E-state index >= 15 is 0 Å². The molecule has 0 atom stereocenters. The Hall–Kier alpha value is -1.82. The van der Waals surface area contributed by atoms with E-state index in [1.807, 2.05) is 6.07 Å². The second kappa shape index (κ2) is 6.00. The fraction of sp³-hybridized carbons (Fsp3) is 0.588. The normalized spacial score (nSPS) is 20.4. The summed E-state index contributed by atoms with van der Waals surface area (Å²) < 4.78 is 19.3. The Morgan fingerprint density at radius 3 is 2.57 bits per heavy atom. The number of hydrogen-bond donors (Lipinski definition) is 2. The minimum Gasteiger partial charge on any atom is -0.496 e. The van der Waals surface area contributed by atoms with Crippen LogP contribution in [0.1, 0.15) is 42.7 Å². The molecule has 5 nitrogen and oxygen atoms in total. The third kappa shape index (κ3) is 2.87. The molecule has 2 N–H and O–H groups in total. The van der Waals surface area contributed by atoms with Gasteiger partial charge < -0.3 is 19.8 Å². The molecule has 1 heterocycles. The average Bonchev–Trinajstić information content (AvgIpc) is 2.51. The molecule has 1 amide bonds. The van der Waals surface area contributed by atoms with Crippen LogP contribution in [0.15, 0.2) is 12.1 Å². The molecule has 0 aromatic heterocycles. The Bertz CT molecular complexity index is 603. The summed E-state index contributed by atoms with van der Waals surface area (Å²) in [6.07, 6.45) is 2.94. The molecular formula is C17H22FNO4. The second-order valence-electron chi connectivity index (χ2n) is 6.75. The number of amides is 1. The lowest BCUT2D eigenvalue weighted by Gasteiger charge is -2.52. The molecule has 1 aromatic carbocycles. The SMILES string of the molecule is COc1cc(C2CCC3(CC2)CN(C(=O)O)C3)cc(F)c1CO. The Balaban J connectivity index is 1.69. The molecule has 1 spiro atoms. The molecule has 1 aliphatic carbocycles. The first kappa shape index (κ1) is 16.1. The van der Waals surface area contributed by atoms with Crippen molar-refractivity contribution in [2.45, 2.75) is 38.2 Å². The van der Waals surface area contributed by atoms with Crippen LogP contribution in [0.4, 0.5) is 9.18 Å². The van der Waals surface area contributed by atoms with Crippen molar-refractivity contribution >= 4 is 6.09 Å². The van der Waals surface area contributed by atoms with Crippen molar-refractivity contribution in [2.75, 3.05) is 20.2 Å². The number of carbonyl (C=O) groups is 1. The van der Waals surface area contributed by atoms with E-state index in [1.54, 1.807) is 0 Å². The predicted octanol–water partition coefficient (Wildman–Crippen LogP) is 2.96.